The molecular weight excluding hydrogens is 448 g/mol. The summed E-state index contributed by atoms with van der Waals surface area (Å²) in [6.07, 6.45) is 6.88. The maximum atomic E-state index is 4.81. The predicted molar refractivity (Wildman–Crippen MR) is 140 cm³/mol. The van der Waals surface area contributed by atoms with Gasteiger partial charge in [0.2, 0.25) is 0 Å². The predicted octanol–water partition coefficient (Wildman–Crippen LogP) is 3.89. The molecule has 184 valence electrons. The smallest absolute Gasteiger partial charge is 0.161 e. The first-order chi connectivity index (χ1) is 17.5. The van der Waals surface area contributed by atoms with Crippen molar-refractivity contribution < 1.29 is 0 Å². The molecule has 2 bridgehead atoms. The van der Waals surface area contributed by atoms with E-state index < -0.39 is 0 Å². The van der Waals surface area contributed by atoms with Crippen molar-refractivity contribution in [2.45, 2.75) is 58.7 Å². The van der Waals surface area contributed by atoms with Crippen LogP contribution in [0.1, 0.15) is 47.4 Å². The highest BCUT2D eigenvalue weighted by molar-refractivity contribution is 5.57. The third-order valence-corrected chi connectivity index (χ3v) is 7.32. The van der Waals surface area contributed by atoms with Gasteiger partial charge in [0.25, 0.3) is 0 Å². The lowest BCUT2D eigenvalue weighted by molar-refractivity contribution is -0.00875. The van der Waals surface area contributed by atoms with Crippen molar-refractivity contribution >= 4 is 5.82 Å². The number of hydrogen-bond acceptors (Lipinski definition) is 7. The van der Waals surface area contributed by atoms with Crippen molar-refractivity contribution in [2.75, 3.05) is 18.0 Å². The van der Waals surface area contributed by atoms with Crippen LogP contribution in [0.15, 0.2) is 48.8 Å². The summed E-state index contributed by atoms with van der Waals surface area (Å²) in [5, 5.41) is 7.34. The molecule has 3 aliphatic heterocycles. The number of fused-ring (bicyclic) bond motifs is 2. The standard InChI is InChI=1S/C28H32N8/c1-4-22-7-5-20(13-29-22)15-36-25-12-26(36)17-35(16-25)27-8-6-21(14-30-27)28-31-18(2)9-23(32-28)11-24-10-19(3)33-34-24/h5-10,13-14,25-26H,4,11-12,15-17H2,1-3H3,(H,33,34). The monoisotopic (exact) mass is 480 g/mol. The van der Waals surface area contributed by atoms with Gasteiger partial charge in [-0.1, -0.05) is 13.0 Å². The van der Waals surface area contributed by atoms with Crippen LogP contribution < -0.4 is 4.90 Å². The Balaban J connectivity index is 1.11. The Kier molecular flexibility index (Phi) is 5.97. The number of rotatable bonds is 7. The zero-order chi connectivity index (χ0) is 24.6. The summed E-state index contributed by atoms with van der Waals surface area (Å²) in [6, 6.07) is 13.8. The summed E-state index contributed by atoms with van der Waals surface area (Å²) in [5.74, 6) is 1.74. The normalized spacial score (nSPS) is 19.4. The molecule has 0 radical (unpaired) electrons. The van der Waals surface area contributed by atoms with Crippen LogP contribution in [-0.2, 0) is 19.4 Å². The van der Waals surface area contributed by atoms with Crippen LogP contribution in [0.5, 0.6) is 0 Å². The third kappa shape index (κ3) is 4.60. The van der Waals surface area contributed by atoms with Gasteiger partial charge in [-0.3, -0.25) is 15.0 Å². The number of aromatic amines is 1. The highest BCUT2D eigenvalue weighted by atomic mass is 15.4. The highest BCUT2D eigenvalue weighted by Gasteiger charge is 2.44. The molecular formula is C28H32N8. The number of pyridine rings is 2. The van der Waals surface area contributed by atoms with Gasteiger partial charge in [-0.15, -0.1) is 0 Å². The molecule has 4 aromatic rings. The lowest BCUT2D eigenvalue weighted by atomic mass is 9.87. The molecule has 0 aliphatic carbocycles. The van der Waals surface area contributed by atoms with Crippen LogP contribution in [0.4, 0.5) is 5.82 Å². The minimum Gasteiger partial charge on any atom is -0.353 e. The van der Waals surface area contributed by atoms with Crippen LogP contribution in [0.2, 0.25) is 0 Å². The molecule has 2 atom stereocenters. The molecule has 8 nitrogen and oxygen atoms in total. The SMILES string of the molecule is CCc1ccc(CN2C3CC2CN(c2ccc(-c4nc(C)cc(Cc5cc(C)[nH]n5)n4)cn2)C3)cn1. The lowest BCUT2D eigenvalue weighted by Gasteiger charge is -2.56. The van der Waals surface area contributed by atoms with Gasteiger partial charge in [0.1, 0.15) is 5.82 Å². The van der Waals surface area contributed by atoms with E-state index in [2.05, 4.69) is 67.2 Å². The molecule has 0 saturated carbocycles. The summed E-state index contributed by atoms with van der Waals surface area (Å²) < 4.78 is 0. The summed E-state index contributed by atoms with van der Waals surface area (Å²) in [6.45, 7) is 9.16. The number of piperidine rings is 1. The van der Waals surface area contributed by atoms with E-state index in [0.717, 1.165) is 65.9 Å². The molecule has 4 aromatic heterocycles. The molecule has 0 spiro atoms. The Labute approximate surface area is 211 Å². The van der Waals surface area contributed by atoms with Crippen molar-refractivity contribution in [3.05, 3.63) is 82.8 Å². The van der Waals surface area contributed by atoms with Crippen molar-refractivity contribution in [3.63, 3.8) is 0 Å². The number of aryl methyl sites for hydroxylation is 3. The van der Waals surface area contributed by atoms with E-state index in [0.29, 0.717) is 24.3 Å². The fourth-order valence-electron chi connectivity index (χ4n) is 5.41. The van der Waals surface area contributed by atoms with E-state index in [1.807, 2.05) is 32.3 Å². The van der Waals surface area contributed by atoms with E-state index in [9.17, 15) is 0 Å². The molecule has 7 heterocycles. The first kappa shape index (κ1) is 22.8. The van der Waals surface area contributed by atoms with Crippen LogP contribution >= 0.6 is 0 Å². The van der Waals surface area contributed by atoms with Crippen LogP contribution in [-0.4, -0.2) is 60.2 Å². The average molecular weight is 481 g/mol. The first-order valence-electron chi connectivity index (χ1n) is 12.8. The minimum atomic E-state index is 0.574. The number of nitrogens with zero attached hydrogens (tertiary/aromatic N) is 7. The van der Waals surface area contributed by atoms with Gasteiger partial charge in [0, 0.05) is 73.2 Å². The topological polar surface area (TPSA) is 86.7 Å². The number of nitrogens with one attached hydrogen (secondary N) is 1. The number of piperazine rings is 1. The zero-order valence-electron chi connectivity index (χ0n) is 21.1. The van der Waals surface area contributed by atoms with Gasteiger partial charge < -0.3 is 4.90 Å². The summed E-state index contributed by atoms with van der Waals surface area (Å²) in [7, 11) is 0. The van der Waals surface area contributed by atoms with E-state index in [1.54, 1.807) is 0 Å². The van der Waals surface area contributed by atoms with Crippen LogP contribution in [0.25, 0.3) is 11.4 Å². The summed E-state index contributed by atoms with van der Waals surface area (Å²) in [4.78, 5) is 23.9. The maximum absolute atomic E-state index is 4.81. The molecule has 36 heavy (non-hydrogen) atoms. The zero-order valence-corrected chi connectivity index (χ0v) is 21.1. The van der Waals surface area contributed by atoms with Gasteiger partial charge in [0.15, 0.2) is 5.82 Å². The number of anilines is 1. The Morgan fingerprint density at radius 1 is 0.917 bits per heavy atom. The van der Waals surface area contributed by atoms with Gasteiger partial charge in [0.05, 0.1) is 11.4 Å². The highest BCUT2D eigenvalue weighted by Crippen LogP contribution is 2.35. The maximum Gasteiger partial charge on any atom is 0.161 e. The molecule has 3 saturated heterocycles. The molecule has 1 N–H and O–H groups in total. The molecule has 7 rings (SSSR count). The first-order valence-corrected chi connectivity index (χ1v) is 12.8. The van der Waals surface area contributed by atoms with Gasteiger partial charge >= 0.3 is 0 Å². The Bertz CT molecular complexity index is 1330. The second kappa shape index (κ2) is 9.43. The van der Waals surface area contributed by atoms with Crippen LogP contribution in [0, 0.1) is 13.8 Å². The van der Waals surface area contributed by atoms with E-state index in [4.69, 9.17) is 9.97 Å². The summed E-state index contributed by atoms with van der Waals surface area (Å²) in [5.41, 5.74) is 7.34. The fraction of sp³-hybridized carbons (Fsp3) is 0.393. The molecule has 0 aromatic carbocycles. The quantitative estimate of drug-likeness (QED) is 0.429. The van der Waals surface area contributed by atoms with Gasteiger partial charge in [-0.2, -0.15) is 5.10 Å². The Morgan fingerprint density at radius 3 is 2.44 bits per heavy atom. The Morgan fingerprint density at radius 2 is 1.78 bits per heavy atom. The van der Waals surface area contributed by atoms with Crippen LogP contribution in [0.3, 0.4) is 0 Å². The second-order valence-electron chi connectivity index (χ2n) is 10.1. The molecule has 8 heteroatoms. The number of hydrogen-bond donors (Lipinski definition) is 1. The largest absolute Gasteiger partial charge is 0.353 e. The third-order valence-electron chi connectivity index (χ3n) is 7.32. The average Bonchev–Trinajstić information content (AvgIpc) is 3.31. The molecule has 0 amide bonds. The van der Waals surface area contributed by atoms with Gasteiger partial charge in [-0.25, -0.2) is 15.0 Å². The van der Waals surface area contributed by atoms with Crippen molar-refractivity contribution in [3.8, 4) is 11.4 Å². The summed E-state index contributed by atoms with van der Waals surface area (Å²) >= 11 is 0. The number of H-pyrrole nitrogens is 1. The van der Waals surface area contributed by atoms with Crippen molar-refractivity contribution in [1.29, 1.82) is 0 Å². The number of aromatic nitrogens is 6. The molecule has 2 unspecified atom stereocenters. The molecule has 3 aliphatic rings. The van der Waals surface area contributed by atoms with E-state index in [1.165, 1.54) is 12.0 Å². The van der Waals surface area contributed by atoms with Gasteiger partial charge in [-0.05, 0) is 62.6 Å². The van der Waals surface area contributed by atoms with Crippen molar-refractivity contribution in [2.24, 2.45) is 0 Å². The fourth-order valence-corrected chi connectivity index (χ4v) is 5.41. The second-order valence-corrected chi connectivity index (χ2v) is 10.1. The minimum absolute atomic E-state index is 0.574. The molecule has 3 fully saturated rings. The lowest BCUT2D eigenvalue weighted by Crippen LogP contribution is -2.68. The van der Waals surface area contributed by atoms with E-state index >= 15 is 0 Å². The Hall–Kier alpha value is -3.65. The van der Waals surface area contributed by atoms with E-state index in [-0.39, 0.29) is 0 Å². The van der Waals surface area contributed by atoms with Crippen molar-refractivity contribution in [1.82, 2.24) is 35.0 Å².